The number of nitrogens with zero attached hydrogens (tertiary/aromatic N) is 1. The van der Waals surface area contributed by atoms with Gasteiger partial charge in [-0.15, -0.1) is 0 Å². The van der Waals surface area contributed by atoms with Crippen molar-refractivity contribution in [2.75, 3.05) is 6.61 Å². The van der Waals surface area contributed by atoms with Crippen molar-refractivity contribution < 1.29 is 4.74 Å². The van der Waals surface area contributed by atoms with Gasteiger partial charge in [-0.05, 0) is 61.1 Å². The first-order valence-electron chi connectivity index (χ1n) is 7.81. The first kappa shape index (κ1) is 13.9. The number of hydrogen-bond acceptors (Lipinski definition) is 2. The molecule has 0 aromatic heterocycles. The predicted octanol–water partition coefficient (Wildman–Crippen LogP) is 4.40. The van der Waals surface area contributed by atoms with Gasteiger partial charge in [-0.3, -0.25) is 0 Å². The number of ether oxygens (including phenoxy) is 1. The molecule has 1 aromatic carbocycles. The van der Waals surface area contributed by atoms with Gasteiger partial charge in [-0.1, -0.05) is 19.1 Å². The molecule has 2 aliphatic carbocycles. The van der Waals surface area contributed by atoms with Crippen molar-refractivity contribution in [2.24, 2.45) is 0 Å². The summed E-state index contributed by atoms with van der Waals surface area (Å²) in [6, 6.07) is 8.44. The Morgan fingerprint density at radius 3 is 2.90 bits per heavy atom. The molecule has 0 aliphatic heterocycles. The smallest absolute Gasteiger partial charge is 0.0991 e. The van der Waals surface area contributed by atoms with E-state index in [1.54, 1.807) is 0 Å². The van der Waals surface area contributed by atoms with Crippen molar-refractivity contribution in [1.82, 2.24) is 0 Å². The Balaban J connectivity index is 2.08. The summed E-state index contributed by atoms with van der Waals surface area (Å²) in [5.41, 5.74) is 5.00. The highest BCUT2D eigenvalue weighted by atomic mass is 16.5. The van der Waals surface area contributed by atoms with Gasteiger partial charge in [0.25, 0.3) is 0 Å². The van der Waals surface area contributed by atoms with E-state index in [0.29, 0.717) is 0 Å². The molecule has 0 N–H and O–H groups in total. The van der Waals surface area contributed by atoms with Crippen LogP contribution in [0.5, 0.6) is 0 Å². The van der Waals surface area contributed by atoms with Crippen molar-refractivity contribution in [3.05, 3.63) is 58.4 Å². The maximum Gasteiger partial charge on any atom is 0.0991 e. The highest BCUT2D eigenvalue weighted by molar-refractivity contribution is 5.54. The highest BCUT2D eigenvalue weighted by Crippen LogP contribution is 2.48. The molecule has 108 valence electrons. The fraction of sp³-hybridized carbons (Fsp3) is 0.421. The molecule has 21 heavy (non-hydrogen) atoms. The Morgan fingerprint density at radius 2 is 2.19 bits per heavy atom. The standard InChI is InChI=1S/C19H21NO/c1-3-19-10-9-17(21-4-2)12-16(19)7-6-15-11-14(13-20)5-8-18(15)19/h5,7-8,11-12H,3-4,6,9-10H2,1-2H3/t19-/m1/s1. The summed E-state index contributed by atoms with van der Waals surface area (Å²) >= 11 is 0. The Bertz CT molecular complexity index is 663. The van der Waals surface area contributed by atoms with Crippen LogP contribution in [0.1, 0.15) is 49.8 Å². The molecule has 0 unspecified atom stereocenters. The van der Waals surface area contributed by atoms with Gasteiger partial charge in [0.05, 0.1) is 24.0 Å². The lowest BCUT2D eigenvalue weighted by molar-refractivity contribution is 0.204. The van der Waals surface area contributed by atoms with Crippen molar-refractivity contribution >= 4 is 0 Å². The second kappa shape index (κ2) is 5.41. The number of allylic oxidation sites excluding steroid dienone is 4. The van der Waals surface area contributed by atoms with Gasteiger partial charge in [-0.2, -0.15) is 5.26 Å². The first-order chi connectivity index (χ1) is 10.2. The largest absolute Gasteiger partial charge is 0.498 e. The van der Waals surface area contributed by atoms with Gasteiger partial charge < -0.3 is 4.74 Å². The molecule has 0 amide bonds. The molecule has 3 rings (SSSR count). The molecule has 1 aromatic rings. The minimum atomic E-state index is 0.113. The van der Waals surface area contributed by atoms with Crippen LogP contribution in [-0.4, -0.2) is 6.61 Å². The Morgan fingerprint density at radius 1 is 1.33 bits per heavy atom. The monoisotopic (exact) mass is 279 g/mol. The molecule has 2 heteroatoms. The molecule has 2 nitrogen and oxygen atoms in total. The average molecular weight is 279 g/mol. The minimum absolute atomic E-state index is 0.113. The van der Waals surface area contributed by atoms with Gasteiger partial charge >= 0.3 is 0 Å². The summed E-state index contributed by atoms with van der Waals surface area (Å²) in [4.78, 5) is 0. The number of rotatable bonds is 3. The number of benzene rings is 1. The normalized spacial score (nSPS) is 23.3. The van der Waals surface area contributed by atoms with E-state index >= 15 is 0 Å². The van der Waals surface area contributed by atoms with Crippen LogP contribution >= 0.6 is 0 Å². The Labute approximate surface area is 126 Å². The van der Waals surface area contributed by atoms with Crippen LogP contribution in [0.3, 0.4) is 0 Å². The van der Waals surface area contributed by atoms with Gasteiger partial charge in [-0.25, -0.2) is 0 Å². The molecule has 1 atom stereocenters. The lowest BCUT2D eigenvalue weighted by atomic mass is 9.62. The van der Waals surface area contributed by atoms with Crippen LogP contribution in [0.25, 0.3) is 0 Å². The van der Waals surface area contributed by atoms with E-state index in [2.05, 4.69) is 37.3 Å². The topological polar surface area (TPSA) is 33.0 Å². The molecule has 0 heterocycles. The van der Waals surface area contributed by atoms with E-state index in [-0.39, 0.29) is 5.41 Å². The summed E-state index contributed by atoms with van der Waals surface area (Å²) in [5.74, 6) is 1.12. The van der Waals surface area contributed by atoms with E-state index in [1.165, 1.54) is 16.7 Å². The minimum Gasteiger partial charge on any atom is -0.498 e. The zero-order chi connectivity index (χ0) is 14.9. The van der Waals surface area contributed by atoms with E-state index in [0.717, 1.165) is 43.6 Å². The third-order valence-electron chi connectivity index (χ3n) is 4.89. The van der Waals surface area contributed by atoms with Crippen molar-refractivity contribution in [1.29, 1.82) is 5.26 Å². The summed E-state index contributed by atoms with van der Waals surface area (Å²) in [6.45, 7) is 5.04. The van der Waals surface area contributed by atoms with Crippen LogP contribution in [0, 0.1) is 11.3 Å². The molecule has 0 saturated carbocycles. The van der Waals surface area contributed by atoms with Crippen LogP contribution in [-0.2, 0) is 16.6 Å². The quantitative estimate of drug-likeness (QED) is 0.821. The second-order valence-corrected chi connectivity index (χ2v) is 5.83. The number of fused-ring (bicyclic) bond motifs is 3. The summed E-state index contributed by atoms with van der Waals surface area (Å²) in [6.07, 6.45) is 8.67. The molecular formula is C19H21NO. The summed E-state index contributed by atoms with van der Waals surface area (Å²) in [7, 11) is 0. The van der Waals surface area contributed by atoms with E-state index in [4.69, 9.17) is 10.00 Å². The lowest BCUT2D eigenvalue weighted by Crippen LogP contribution is -2.34. The lowest BCUT2D eigenvalue weighted by Gasteiger charge is -2.42. The van der Waals surface area contributed by atoms with Crippen LogP contribution in [0.15, 0.2) is 41.7 Å². The molecule has 0 radical (unpaired) electrons. The second-order valence-electron chi connectivity index (χ2n) is 5.83. The highest BCUT2D eigenvalue weighted by Gasteiger charge is 2.39. The van der Waals surface area contributed by atoms with Gasteiger partial charge in [0.15, 0.2) is 0 Å². The SMILES string of the molecule is CCOC1=CC2=CCc3cc(C#N)ccc3[C@]2(CC)CC1. The fourth-order valence-electron chi connectivity index (χ4n) is 3.80. The fourth-order valence-corrected chi connectivity index (χ4v) is 3.80. The van der Waals surface area contributed by atoms with Crippen LogP contribution < -0.4 is 0 Å². The average Bonchev–Trinajstić information content (AvgIpc) is 2.54. The van der Waals surface area contributed by atoms with Gasteiger partial charge in [0.1, 0.15) is 0 Å². The molecule has 0 bridgehead atoms. The van der Waals surface area contributed by atoms with Crippen LogP contribution in [0.2, 0.25) is 0 Å². The van der Waals surface area contributed by atoms with E-state index in [9.17, 15) is 0 Å². The number of hydrogen-bond donors (Lipinski definition) is 0. The Hall–Kier alpha value is -2.01. The van der Waals surface area contributed by atoms with Gasteiger partial charge in [0, 0.05) is 11.8 Å². The first-order valence-corrected chi connectivity index (χ1v) is 7.81. The maximum atomic E-state index is 9.10. The van der Waals surface area contributed by atoms with Crippen LogP contribution in [0.4, 0.5) is 0 Å². The molecule has 0 fully saturated rings. The van der Waals surface area contributed by atoms with E-state index in [1.807, 2.05) is 13.0 Å². The predicted molar refractivity (Wildman–Crippen MR) is 83.9 cm³/mol. The maximum absolute atomic E-state index is 9.10. The van der Waals surface area contributed by atoms with E-state index < -0.39 is 0 Å². The van der Waals surface area contributed by atoms with Crippen molar-refractivity contribution in [2.45, 2.75) is 44.9 Å². The Kier molecular flexibility index (Phi) is 3.59. The molecule has 0 spiro atoms. The third-order valence-corrected chi connectivity index (χ3v) is 4.89. The molecule has 2 aliphatic rings. The summed E-state index contributed by atoms with van der Waals surface area (Å²) in [5, 5.41) is 9.10. The number of nitriles is 1. The molecule has 0 saturated heterocycles. The zero-order valence-corrected chi connectivity index (χ0v) is 12.8. The van der Waals surface area contributed by atoms with Crippen molar-refractivity contribution in [3.8, 4) is 6.07 Å². The summed E-state index contributed by atoms with van der Waals surface area (Å²) < 4.78 is 5.72. The van der Waals surface area contributed by atoms with Gasteiger partial charge in [0.2, 0.25) is 0 Å². The van der Waals surface area contributed by atoms with Crippen molar-refractivity contribution in [3.63, 3.8) is 0 Å². The molecular weight excluding hydrogens is 258 g/mol. The zero-order valence-electron chi connectivity index (χ0n) is 12.8. The third kappa shape index (κ3) is 2.17.